The SMILES string of the molecule is Cn1cnc(-c2nc(C(C)(C)N3CCNCC3)no2)c1. The molecule has 0 amide bonds. The first-order valence-corrected chi connectivity index (χ1v) is 6.85. The van der Waals surface area contributed by atoms with Crippen LogP contribution in [-0.2, 0) is 12.6 Å². The zero-order valence-corrected chi connectivity index (χ0v) is 12.1. The second-order valence-corrected chi connectivity index (χ2v) is 5.64. The van der Waals surface area contributed by atoms with E-state index in [1.807, 2.05) is 17.8 Å². The molecule has 0 aromatic carbocycles. The van der Waals surface area contributed by atoms with Gasteiger partial charge in [0.2, 0.25) is 0 Å². The average Bonchev–Trinajstić information content (AvgIpc) is 3.08. The van der Waals surface area contributed by atoms with Crippen LogP contribution in [0.5, 0.6) is 0 Å². The maximum Gasteiger partial charge on any atom is 0.278 e. The fourth-order valence-electron chi connectivity index (χ4n) is 2.46. The monoisotopic (exact) mass is 276 g/mol. The molecule has 0 atom stereocenters. The molecule has 1 N–H and O–H groups in total. The van der Waals surface area contributed by atoms with Crippen molar-refractivity contribution in [2.75, 3.05) is 26.2 Å². The van der Waals surface area contributed by atoms with Gasteiger partial charge in [-0.05, 0) is 13.8 Å². The Balaban J connectivity index is 1.85. The highest BCUT2D eigenvalue weighted by atomic mass is 16.5. The van der Waals surface area contributed by atoms with Gasteiger partial charge >= 0.3 is 0 Å². The topological polar surface area (TPSA) is 72.0 Å². The first-order chi connectivity index (χ1) is 9.57. The Morgan fingerprint density at radius 3 is 2.70 bits per heavy atom. The van der Waals surface area contributed by atoms with Gasteiger partial charge in [-0.15, -0.1) is 0 Å². The average molecular weight is 276 g/mol. The van der Waals surface area contributed by atoms with Crippen LogP contribution in [0.15, 0.2) is 17.0 Å². The van der Waals surface area contributed by atoms with Gasteiger partial charge in [-0.1, -0.05) is 5.16 Å². The van der Waals surface area contributed by atoms with E-state index in [-0.39, 0.29) is 5.54 Å². The van der Waals surface area contributed by atoms with Crippen molar-refractivity contribution in [2.45, 2.75) is 19.4 Å². The molecule has 20 heavy (non-hydrogen) atoms. The molecule has 1 aliphatic heterocycles. The third kappa shape index (κ3) is 2.34. The van der Waals surface area contributed by atoms with Gasteiger partial charge in [-0.3, -0.25) is 4.90 Å². The van der Waals surface area contributed by atoms with Gasteiger partial charge in [0.25, 0.3) is 5.89 Å². The number of imidazole rings is 1. The maximum atomic E-state index is 5.36. The van der Waals surface area contributed by atoms with Crippen LogP contribution < -0.4 is 5.32 Å². The highest BCUT2D eigenvalue weighted by Gasteiger charge is 2.34. The third-order valence-corrected chi connectivity index (χ3v) is 3.80. The Hall–Kier alpha value is -1.73. The Bertz CT molecular complexity index is 581. The molecule has 0 saturated carbocycles. The molecule has 0 aliphatic carbocycles. The number of hydrogen-bond acceptors (Lipinski definition) is 6. The molecule has 0 bridgehead atoms. The first kappa shape index (κ1) is 13.3. The normalized spacial score (nSPS) is 17.6. The summed E-state index contributed by atoms with van der Waals surface area (Å²) in [6.07, 6.45) is 3.59. The smallest absolute Gasteiger partial charge is 0.278 e. The van der Waals surface area contributed by atoms with Crippen molar-refractivity contribution in [3.05, 3.63) is 18.3 Å². The minimum absolute atomic E-state index is 0.237. The zero-order valence-electron chi connectivity index (χ0n) is 12.1. The summed E-state index contributed by atoms with van der Waals surface area (Å²) in [4.78, 5) is 11.1. The number of aromatic nitrogens is 4. The maximum absolute atomic E-state index is 5.36. The Kier molecular flexibility index (Phi) is 3.31. The molecule has 0 unspecified atom stereocenters. The molecule has 2 aromatic heterocycles. The molecule has 0 radical (unpaired) electrons. The summed E-state index contributed by atoms with van der Waals surface area (Å²) >= 11 is 0. The molecule has 7 heteroatoms. The van der Waals surface area contributed by atoms with Crippen molar-refractivity contribution in [1.29, 1.82) is 0 Å². The van der Waals surface area contributed by atoms with E-state index in [2.05, 4.69) is 39.2 Å². The van der Waals surface area contributed by atoms with Gasteiger partial charge in [0.1, 0.15) is 5.69 Å². The summed E-state index contributed by atoms with van der Waals surface area (Å²) < 4.78 is 7.22. The van der Waals surface area contributed by atoms with Crippen molar-refractivity contribution in [3.8, 4) is 11.6 Å². The largest absolute Gasteiger partial charge is 0.340 e. The minimum Gasteiger partial charge on any atom is -0.340 e. The molecule has 2 aromatic rings. The lowest BCUT2D eigenvalue weighted by molar-refractivity contribution is 0.0925. The van der Waals surface area contributed by atoms with Crippen molar-refractivity contribution in [2.24, 2.45) is 7.05 Å². The lowest BCUT2D eigenvalue weighted by Crippen LogP contribution is -2.52. The lowest BCUT2D eigenvalue weighted by Gasteiger charge is -2.38. The molecule has 3 rings (SSSR count). The summed E-state index contributed by atoms with van der Waals surface area (Å²) in [6, 6.07) is 0. The van der Waals surface area contributed by atoms with E-state index in [0.29, 0.717) is 17.4 Å². The molecule has 7 nitrogen and oxygen atoms in total. The predicted molar refractivity (Wildman–Crippen MR) is 74.0 cm³/mol. The summed E-state index contributed by atoms with van der Waals surface area (Å²) in [5.74, 6) is 1.18. The van der Waals surface area contributed by atoms with E-state index < -0.39 is 0 Å². The van der Waals surface area contributed by atoms with Gasteiger partial charge in [0.05, 0.1) is 11.9 Å². The molecule has 3 heterocycles. The second-order valence-electron chi connectivity index (χ2n) is 5.64. The fraction of sp³-hybridized carbons (Fsp3) is 0.615. The highest BCUT2D eigenvalue weighted by Crippen LogP contribution is 2.27. The fourth-order valence-corrected chi connectivity index (χ4v) is 2.46. The van der Waals surface area contributed by atoms with Gasteiger partial charge in [-0.25, -0.2) is 4.98 Å². The predicted octanol–water partition coefficient (Wildman–Crippen LogP) is 0.610. The van der Waals surface area contributed by atoms with Crippen LogP contribution in [0.1, 0.15) is 19.7 Å². The molecule has 1 aliphatic rings. The zero-order chi connectivity index (χ0) is 14.2. The number of rotatable bonds is 3. The van der Waals surface area contributed by atoms with E-state index in [9.17, 15) is 0 Å². The summed E-state index contributed by atoms with van der Waals surface area (Å²) in [6.45, 7) is 8.22. The lowest BCUT2D eigenvalue weighted by atomic mass is 10.0. The number of piperazine rings is 1. The quantitative estimate of drug-likeness (QED) is 0.885. The second kappa shape index (κ2) is 4.99. The Morgan fingerprint density at radius 2 is 2.05 bits per heavy atom. The van der Waals surface area contributed by atoms with Crippen molar-refractivity contribution in [1.82, 2.24) is 29.9 Å². The van der Waals surface area contributed by atoms with Gasteiger partial charge in [-0.2, -0.15) is 4.98 Å². The van der Waals surface area contributed by atoms with Gasteiger partial charge in [0, 0.05) is 39.4 Å². The van der Waals surface area contributed by atoms with Crippen LogP contribution in [0.4, 0.5) is 0 Å². The number of nitrogens with zero attached hydrogens (tertiary/aromatic N) is 5. The molecular weight excluding hydrogens is 256 g/mol. The van der Waals surface area contributed by atoms with Crippen LogP contribution in [0.2, 0.25) is 0 Å². The van der Waals surface area contributed by atoms with E-state index in [1.54, 1.807) is 6.33 Å². The van der Waals surface area contributed by atoms with E-state index >= 15 is 0 Å². The highest BCUT2D eigenvalue weighted by molar-refractivity contribution is 5.44. The third-order valence-electron chi connectivity index (χ3n) is 3.80. The first-order valence-electron chi connectivity index (χ1n) is 6.85. The summed E-state index contributed by atoms with van der Waals surface area (Å²) in [5, 5.41) is 7.50. The Morgan fingerprint density at radius 1 is 1.30 bits per heavy atom. The van der Waals surface area contributed by atoms with Crippen LogP contribution in [0.3, 0.4) is 0 Å². The molecule has 1 fully saturated rings. The van der Waals surface area contributed by atoms with E-state index in [4.69, 9.17) is 4.52 Å². The van der Waals surface area contributed by atoms with Crippen molar-refractivity contribution in [3.63, 3.8) is 0 Å². The van der Waals surface area contributed by atoms with Crippen LogP contribution in [0, 0.1) is 0 Å². The van der Waals surface area contributed by atoms with E-state index in [1.165, 1.54) is 0 Å². The number of aryl methyl sites for hydroxylation is 1. The van der Waals surface area contributed by atoms with Crippen LogP contribution in [-0.4, -0.2) is 50.8 Å². The van der Waals surface area contributed by atoms with Crippen molar-refractivity contribution >= 4 is 0 Å². The summed E-state index contributed by atoms with van der Waals surface area (Å²) in [5.41, 5.74) is 0.473. The molecule has 0 spiro atoms. The molecule has 108 valence electrons. The molecular formula is C13H20N6O. The summed E-state index contributed by atoms with van der Waals surface area (Å²) in [7, 11) is 1.92. The van der Waals surface area contributed by atoms with Crippen molar-refractivity contribution < 1.29 is 4.52 Å². The van der Waals surface area contributed by atoms with Gasteiger partial charge in [0.15, 0.2) is 5.82 Å². The van der Waals surface area contributed by atoms with Gasteiger partial charge < -0.3 is 14.4 Å². The van der Waals surface area contributed by atoms with Crippen LogP contribution in [0.25, 0.3) is 11.6 Å². The molecule has 1 saturated heterocycles. The van der Waals surface area contributed by atoms with E-state index in [0.717, 1.165) is 26.2 Å². The Labute approximate surface area is 118 Å². The number of nitrogens with one attached hydrogen (secondary N) is 1. The minimum atomic E-state index is -0.237. The van der Waals surface area contributed by atoms with Crippen LogP contribution >= 0.6 is 0 Å². The number of hydrogen-bond donors (Lipinski definition) is 1. The standard InChI is InChI=1S/C13H20N6O/c1-13(2,19-6-4-14-5-7-19)12-16-11(20-17-12)10-8-18(3)9-15-10/h8-9,14H,4-7H2,1-3H3.